The molecule has 1 heterocycles. The van der Waals surface area contributed by atoms with E-state index in [9.17, 15) is 14.4 Å². The normalized spacial score (nSPS) is 21.8. The maximum absolute atomic E-state index is 15.3. The van der Waals surface area contributed by atoms with E-state index in [2.05, 4.69) is 22.5 Å². The van der Waals surface area contributed by atoms with Gasteiger partial charge in [-0.25, -0.2) is 4.39 Å². The largest absolute Gasteiger partial charge is 0.382 e. The summed E-state index contributed by atoms with van der Waals surface area (Å²) in [6.07, 6.45) is 4.41. The third-order valence-electron chi connectivity index (χ3n) is 9.03. The molecule has 0 bridgehead atoms. The summed E-state index contributed by atoms with van der Waals surface area (Å²) in [6, 6.07) is 3.90. The average Bonchev–Trinajstić information content (AvgIpc) is 3.86. The highest BCUT2D eigenvalue weighted by Crippen LogP contribution is 2.50. The summed E-state index contributed by atoms with van der Waals surface area (Å²) < 4.78 is 25.8. The van der Waals surface area contributed by atoms with Gasteiger partial charge in [0.25, 0.3) is 0 Å². The van der Waals surface area contributed by atoms with Crippen molar-refractivity contribution in [1.29, 1.82) is 0 Å². The molecule has 2 saturated carbocycles. The van der Waals surface area contributed by atoms with Gasteiger partial charge < -0.3 is 29.9 Å². The van der Waals surface area contributed by atoms with Gasteiger partial charge in [0.1, 0.15) is 18.0 Å². The number of anilines is 1. The molecule has 0 radical (unpaired) electrons. The smallest absolute Gasteiger partial charge is 0.249 e. The van der Waals surface area contributed by atoms with E-state index in [-0.39, 0.29) is 30.2 Å². The first-order valence-corrected chi connectivity index (χ1v) is 15.1. The number of halogens is 1. The highest BCUT2D eigenvalue weighted by atomic mass is 19.1. The van der Waals surface area contributed by atoms with Gasteiger partial charge in [0.15, 0.2) is 0 Å². The molecule has 1 aliphatic heterocycles. The van der Waals surface area contributed by atoms with E-state index in [0.29, 0.717) is 49.4 Å². The Balaban J connectivity index is 1.46. The molecule has 3 aliphatic rings. The van der Waals surface area contributed by atoms with Crippen LogP contribution in [0.2, 0.25) is 0 Å². The predicted molar refractivity (Wildman–Crippen MR) is 155 cm³/mol. The number of nitrogens with one attached hydrogen (secondary N) is 2. The number of methoxy groups -OCH3 is 1. The number of carbonyl (C=O) groups is 3. The monoisotopic (exact) mass is 574 g/mol. The van der Waals surface area contributed by atoms with Gasteiger partial charge in [0.05, 0.1) is 18.9 Å². The first-order chi connectivity index (χ1) is 19.6. The maximum atomic E-state index is 15.3. The van der Waals surface area contributed by atoms with Crippen LogP contribution >= 0.6 is 0 Å². The molecule has 4 unspecified atom stereocenters. The summed E-state index contributed by atoms with van der Waals surface area (Å²) in [7, 11) is 3.57. The second kappa shape index (κ2) is 14.1. The molecule has 1 saturated heterocycles. The Morgan fingerprint density at radius 2 is 1.76 bits per heavy atom. The van der Waals surface area contributed by atoms with Gasteiger partial charge in [-0.1, -0.05) is 13.0 Å². The van der Waals surface area contributed by atoms with Gasteiger partial charge in [-0.3, -0.25) is 14.4 Å². The molecule has 3 amide bonds. The Hall–Kier alpha value is -2.56. The molecule has 4 atom stereocenters. The molecule has 1 aromatic rings. The van der Waals surface area contributed by atoms with Crippen molar-refractivity contribution >= 4 is 23.4 Å². The highest BCUT2D eigenvalue weighted by Gasteiger charge is 2.42. The quantitative estimate of drug-likeness (QED) is 0.331. The molecule has 1 aromatic carbocycles. The van der Waals surface area contributed by atoms with Gasteiger partial charge in [-0.2, -0.15) is 0 Å². The fourth-order valence-electron chi connectivity index (χ4n) is 5.79. The summed E-state index contributed by atoms with van der Waals surface area (Å²) >= 11 is 0. The number of hydrogen-bond acceptors (Lipinski definition) is 6. The van der Waals surface area contributed by atoms with Crippen LogP contribution in [0.1, 0.15) is 64.4 Å². The van der Waals surface area contributed by atoms with Crippen LogP contribution in [0.25, 0.3) is 0 Å². The zero-order chi connectivity index (χ0) is 29.7. The number of piperazine rings is 1. The van der Waals surface area contributed by atoms with Crippen molar-refractivity contribution < 1.29 is 28.2 Å². The second-order valence-corrected chi connectivity index (χ2v) is 12.2. The fourth-order valence-corrected chi connectivity index (χ4v) is 5.79. The number of nitrogens with zero attached hydrogens (tertiary/aromatic N) is 2. The van der Waals surface area contributed by atoms with E-state index in [1.165, 1.54) is 31.7 Å². The minimum atomic E-state index is -0.913. The molecule has 4 rings (SSSR count). The van der Waals surface area contributed by atoms with E-state index < -0.39 is 29.8 Å². The van der Waals surface area contributed by atoms with Gasteiger partial charge in [-0.15, -0.1) is 0 Å². The Kier molecular flexibility index (Phi) is 10.8. The number of rotatable bonds is 14. The van der Waals surface area contributed by atoms with Gasteiger partial charge in [-0.05, 0) is 82.0 Å². The van der Waals surface area contributed by atoms with Crippen LogP contribution in [-0.2, 0) is 23.9 Å². The van der Waals surface area contributed by atoms with Crippen molar-refractivity contribution in [1.82, 2.24) is 15.1 Å². The lowest BCUT2D eigenvalue weighted by Crippen LogP contribution is -2.58. The second-order valence-electron chi connectivity index (χ2n) is 12.2. The third-order valence-corrected chi connectivity index (χ3v) is 9.03. The van der Waals surface area contributed by atoms with Crippen LogP contribution in [0.5, 0.6) is 0 Å². The SMILES string of the molecule is COCCOC(C)C(=O)NC(C(=O)N1CCN(C)C(C)C1)C(C)c1ccc(NC(=O)CC(C2CC2)C2CC2)c(F)c1. The Bertz CT molecular complexity index is 1070. The first kappa shape index (κ1) is 31.4. The number of hydrogen-bond donors (Lipinski definition) is 2. The van der Waals surface area contributed by atoms with Crippen LogP contribution in [0.3, 0.4) is 0 Å². The number of amides is 3. The molecule has 228 valence electrons. The van der Waals surface area contributed by atoms with Crippen molar-refractivity contribution in [3.63, 3.8) is 0 Å². The molecule has 9 nitrogen and oxygen atoms in total. The van der Waals surface area contributed by atoms with Crippen LogP contribution in [0.4, 0.5) is 10.1 Å². The predicted octanol–water partition coefficient (Wildman–Crippen LogP) is 3.39. The van der Waals surface area contributed by atoms with E-state index in [1.807, 2.05) is 14.0 Å². The van der Waals surface area contributed by atoms with E-state index in [4.69, 9.17) is 9.47 Å². The summed E-state index contributed by atoms with van der Waals surface area (Å²) in [6.45, 7) is 7.89. The Labute approximate surface area is 243 Å². The summed E-state index contributed by atoms with van der Waals surface area (Å²) in [4.78, 5) is 43.5. The lowest BCUT2D eigenvalue weighted by atomic mass is 9.91. The number of benzene rings is 1. The molecular weight excluding hydrogens is 527 g/mol. The van der Waals surface area contributed by atoms with E-state index in [1.54, 1.807) is 31.1 Å². The lowest BCUT2D eigenvalue weighted by molar-refractivity contribution is -0.142. The molecule has 0 aromatic heterocycles. The molecule has 0 spiro atoms. The van der Waals surface area contributed by atoms with Crippen molar-refractivity contribution in [2.45, 2.75) is 77.0 Å². The zero-order valence-electron chi connectivity index (χ0n) is 25.2. The van der Waals surface area contributed by atoms with Crippen LogP contribution in [-0.4, -0.2) is 92.7 Å². The molecule has 2 N–H and O–H groups in total. The molecule has 2 aliphatic carbocycles. The molecule has 3 fully saturated rings. The standard InChI is InChI=1S/C31H47FN4O5/c1-19-18-36(13-12-35(19)4)31(39)29(34-30(38)21(3)41-15-14-40-5)20(2)24-10-11-27(26(32)16-24)33-28(37)17-25(22-6-7-22)23-8-9-23/h10-11,16,19-23,25,29H,6-9,12-15,17-18H2,1-5H3,(H,33,37)(H,34,38). The average molecular weight is 575 g/mol. The summed E-state index contributed by atoms with van der Waals surface area (Å²) in [5.41, 5.74) is 0.694. The molecular formula is C31H47FN4O5. The van der Waals surface area contributed by atoms with Gasteiger partial charge >= 0.3 is 0 Å². The van der Waals surface area contributed by atoms with Crippen LogP contribution < -0.4 is 10.6 Å². The number of ether oxygens (including phenoxy) is 2. The van der Waals surface area contributed by atoms with Crippen LogP contribution in [0.15, 0.2) is 18.2 Å². The zero-order valence-corrected chi connectivity index (χ0v) is 25.2. The van der Waals surface area contributed by atoms with Crippen LogP contribution in [0, 0.1) is 23.6 Å². The van der Waals surface area contributed by atoms with Gasteiger partial charge in [0.2, 0.25) is 17.7 Å². The van der Waals surface area contributed by atoms with Crippen molar-refractivity contribution in [2.24, 2.45) is 17.8 Å². The molecule has 41 heavy (non-hydrogen) atoms. The molecule has 10 heteroatoms. The summed E-state index contributed by atoms with van der Waals surface area (Å²) in [5, 5.41) is 5.65. The Morgan fingerprint density at radius 1 is 1.07 bits per heavy atom. The van der Waals surface area contributed by atoms with E-state index in [0.717, 1.165) is 6.54 Å². The summed E-state index contributed by atoms with van der Waals surface area (Å²) in [5.74, 6) is -0.172. The van der Waals surface area contributed by atoms with Gasteiger partial charge in [0, 0.05) is 45.1 Å². The maximum Gasteiger partial charge on any atom is 0.249 e. The topological polar surface area (TPSA) is 100 Å². The number of likely N-dealkylation sites (N-methyl/N-ethyl adjacent to an activating group) is 1. The fraction of sp³-hybridized carbons (Fsp3) is 0.710. The minimum absolute atomic E-state index is 0.135. The van der Waals surface area contributed by atoms with E-state index >= 15 is 4.39 Å². The lowest BCUT2D eigenvalue weighted by Gasteiger charge is -2.40. The highest BCUT2D eigenvalue weighted by molar-refractivity contribution is 5.91. The van der Waals surface area contributed by atoms with Crippen molar-refractivity contribution in [2.75, 3.05) is 52.3 Å². The van der Waals surface area contributed by atoms with Crippen molar-refractivity contribution in [3.05, 3.63) is 29.6 Å². The van der Waals surface area contributed by atoms with Crippen molar-refractivity contribution in [3.8, 4) is 0 Å². The third kappa shape index (κ3) is 8.49. The number of carbonyl (C=O) groups excluding carboxylic acids is 3. The Morgan fingerprint density at radius 3 is 2.34 bits per heavy atom. The first-order valence-electron chi connectivity index (χ1n) is 15.1. The minimum Gasteiger partial charge on any atom is -0.382 e.